The molecule has 0 aliphatic heterocycles. The normalized spacial score (nSPS) is 11.2. The number of nitrogens with one attached hydrogen (secondary N) is 1. The molecular weight excluding hydrogens is 360 g/mol. The van der Waals surface area contributed by atoms with Gasteiger partial charge in [0, 0.05) is 46.2 Å². The highest BCUT2D eigenvalue weighted by Gasteiger charge is 2.13. The molecule has 0 unspecified atom stereocenters. The fourth-order valence-corrected chi connectivity index (χ4v) is 3.65. The number of aromatic nitrogens is 4. The topological polar surface area (TPSA) is 63.7 Å². The summed E-state index contributed by atoms with van der Waals surface area (Å²) >= 11 is 0. The van der Waals surface area contributed by atoms with Gasteiger partial charge in [0.25, 0.3) is 0 Å². The van der Waals surface area contributed by atoms with Crippen molar-refractivity contribution in [3.63, 3.8) is 0 Å². The van der Waals surface area contributed by atoms with E-state index in [9.17, 15) is 0 Å². The number of aryl methyl sites for hydroxylation is 2. The van der Waals surface area contributed by atoms with Gasteiger partial charge < -0.3 is 9.72 Å². The summed E-state index contributed by atoms with van der Waals surface area (Å²) in [5.74, 6) is 1.27. The summed E-state index contributed by atoms with van der Waals surface area (Å²) in [5, 5.41) is 12.0. The quantitative estimate of drug-likeness (QED) is 0.447. The van der Waals surface area contributed by atoms with Gasteiger partial charge in [0.05, 0.1) is 5.69 Å². The molecule has 5 nitrogen and oxygen atoms in total. The Morgan fingerprint density at radius 2 is 1.66 bits per heavy atom. The van der Waals surface area contributed by atoms with Crippen LogP contribution in [0.5, 0.6) is 11.6 Å². The van der Waals surface area contributed by atoms with Gasteiger partial charge in [0.2, 0.25) is 5.88 Å². The lowest BCUT2D eigenvalue weighted by Crippen LogP contribution is -2.00. The summed E-state index contributed by atoms with van der Waals surface area (Å²) in [4.78, 5) is 7.47. The van der Waals surface area contributed by atoms with E-state index in [1.807, 2.05) is 42.5 Å². The largest absolute Gasteiger partial charge is 0.437 e. The molecule has 142 valence electrons. The molecule has 5 rings (SSSR count). The molecule has 0 bridgehead atoms. The Labute approximate surface area is 168 Å². The number of ether oxygens (including phenoxy) is 1. The fourth-order valence-electron chi connectivity index (χ4n) is 3.65. The van der Waals surface area contributed by atoms with Gasteiger partial charge in [-0.1, -0.05) is 18.2 Å². The highest BCUT2D eigenvalue weighted by atomic mass is 16.5. The average molecular weight is 380 g/mol. The molecule has 0 aliphatic carbocycles. The number of rotatable bonds is 4. The van der Waals surface area contributed by atoms with Crippen LogP contribution in [0.3, 0.4) is 0 Å². The summed E-state index contributed by atoms with van der Waals surface area (Å²) in [6.45, 7) is 4.19. The van der Waals surface area contributed by atoms with E-state index >= 15 is 0 Å². The van der Waals surface area contributed by atoms with Crippen molar-refractivity contribution < 1.29 is 4.74 Å². The van der Waals surface area contributed by atoms with Crippen LogP contribution in [0.2, 0.25) is 0 Å². The Morgan fingerprint density at radius 3 is 2.48 bits per heavy atom. The molecule has 0 saturated heterocycles. The van der Waals surface area contributed by atoms with Crippen molar-refractivity contribution in [1.82, 2.24) is 20.2 Å². The molecular formula is C24H20N4O. The summed E-state index contributed by atoms with van der Waals surface area (Å²) in [7, 11) is 0. The number of H-pyrrole nitrogens is 1. The molecule has 1 N–H and O–H groups in total. The fraction of sp³-hybridized carbons (Fsp3) is 0.125. The minimum absolute atomic E-state index is 0.517. The van der Waals surface area contributed by atoms with Crippen LogP contribution in [-0.4, -0.2) is 20.2 Å². The lowest BCUT2D eigenvalue weighted by Gasteiger charge is -2.10. The first kappa shape index (κ1) is 17.4. The van der Waals surface area contributed by atoms with Gasteiger partial charge in [-0.25, -0.2) is 0 Å². The van der Waals surface area contributed by atoms with Crippen molar-refractivity contribution in [2.45, 2.75) is 20.3 Å². The predicted molar refractivity (Wildman–Crippen MR) is 114 cm³/mol. The third-order valence-corrected chi connectivity index (χ3v) is 5.35. The number of fused-ring (bicyclic) bond motifs is 2. The zero-order valence-electron chi connectivity index (χ0n) is 16.3. The summed E-state index contributed by atoms with van der Waals surface area (Å²) in [6.07, 6.45) is 4.29. The number of benzene rings is 2. The first-order chi connectivity index (χ1) is 14.2. The first-order valence-electron chi connectivity index (χ1n) is 9.59. The van der Waals surface area contributed by atoms with Gasteiger partial charge in [-0.3, -0.25) is 4.98 Å². The molecule has 0 aliphatic rings. The third kappa shape index (κ3) is 3.21. The van der Waals surface area contributed by atoms with Crippen molar-refractivity contribution in [2.75, 3.05) is 0 Å². The molecule has 3 heterocycles. The molecule has 0 atom stereocenters. The van der Waals surface area contributed by atoms with Crippen LogP contribution in [0, 0.1) is 13.8 Å². The maximum atomic E-state index is 6.17. The number of hydrogen-bond acceptors (Lipinski definition) is 4. The molecule has 5 aromatic rings. The van der Waals surface area contributed by atoms with E-state index < -0.39 is 0 Å². The van der Waals surface area contributed by atoms with Gasteiger partial charge in [0.15, 0.2) is 0 Å². The van der Waals surface area contributed by atoms with Gasteiger partial charge in [-0.2, -0.15) is 5.10 Å². The Balaban J connectivity index is 1.54. The molecule has 2 aromatic carbocycles. The molecule has 0 amide bonds. The molecule has 0 fully saturated rings. The highest BCUT2D eigenvalue weighted by Crippen LogP contribution is 2.32. The van der Waals surface area contributed by atoms with Crippen molar-refractivity contribution in [2.24, 2.45) is 0 Å². The Hall–Kier alpha value is -3.73. The van der Waals surface area contributed by atoms with Crippen molar-refractivity contribution in [3.8, 4) is 11.6 Å². The van der Waals surface area contributed by atoms with Crippen LogP contribution in [-0.2, 0) is 6.42 Å². The van der Waals surface area contributed by atoms with Gasteiger partial charge in [-0.05, 0) is 61.4 Å². The standard InChI is InChI=1S/C24H20N4O/c1-15-16(2)26-22-8-7-18(14-21(15)22)29-24-20-6-4-3-5-19(20)23(27-28-24)13-17-9-11-25-12-10-17/h3-12,14,26H,13H2,1-2H3. The SMILES string of the molecule is Cc1[nH]c2ccc(Oc3nnc(Cc4ccncc4)c4ccccc34)cc2c1C. The zero-order chi connectivity index (χ0) is 19.8. The second-order valence-electron chi connectivity index (χ2n) is 7.21. The van der Waals surface area contributed by atoms with E-state index in [-0.39, 0.29) is 0 Å². The van der Waals surface area contributed by atoms with E-state index in [1.165, 1.54) is 11.3 Å². The van der Waals surface area contributed by atoms with Crippen LogP contribution in [0.15, 0.2) is 67.0 Å². The summed E-state index contributed by atoms with van der Waals surface area (Å²) < 4.78 is 6.17. The number of aromatic amines is 1. The van der Waals surface area contributed by atoms with E-state index in [1.54, 1.807) is 12.4 Å². The third-order valence-electron chi connectivity index (χ3n) is 5.35. The van der Waals surface area contributed by atoms with Crippen LogP contribution in [0.4, 0.5) is 0 Å². The Bertz CT molecular complexity index is 1330. The number of nitrogens with zero attached hydrogens (tertiary/aromatic N) is 3. The lowest BCUT2D eigenvalue weighted by atomic mass is 10.1. The van der Waals surface area contributed by atoms with Gasteiger partial charge >= 0.3 is 0 Å². The molecule has 3 aromatic heterocycles. The zero-order valence-corrected chi connectivity index (χ0v) is 16.3. The van der Waals surface area contributed by atoms with Crippen molar-refractivity contribution in [1.29, 1.82) is 0 Å². The average Bonchev–Trinajstić information content (AvgIpc) is 3.04. The summed E-state index contributed by atoms with van der Waals surface area (Å²) in [6, 6.07) is 18.1. The van der Waals surface area contributed by atoms with Crippen molar-refractivity contribution >= 4 is 21.7 Å². The second kappa shape index (κ2) is 7.02. The molecule has 5 heteroatoms. The maximum Gasteiger partial charge on any atom is 0.246 e. The highest BCUT2D eigenvalue weighted by molar-refractivity contribution is 5.89. The van der Waals surface area contributed by atoms with Crippen LogP contribution in [0.25, 0.3) is 21.7 Å². The second-order valence-corrected chi connectivity index (χ2v) is 7.21. The van der Waals surface area contributed by atoms with Crippen molar-refractivity contribution in [3.05, 3.63) is 89.5 Å². The van der Waals surface area contributed by atoms with E-state index in [0.717, 1.165) is 38.7 Å². The molecule has 29 heavy (non-hydrogen) atoms. The first-order valence-corrected chi connectivity index (χ1v) is 9.59. The predicted octanol–water partition coefficient (Wildman–Crippen LogP) is 5.51. The molecule has 0 saturated carbocycles. The smallest absolute Gasteiger partial charge is 0.246 e. The maximum absolute atomic E-state index is 6.17. The minimum atomic E-state index is 0.517. The van der Waals surface area contributed by atoms with E-state index in [0.29, 0.717) is 12.3 Å². The van der Waals surface area contributed by atoms with Gasteiger partial charge in [-0.15, -0.1) is 5.10 Å². The Morgan fingerprint density at radius 1 is 0.862 bits per heavy atom. The van der Waals surface area contributed by atoms with Crippen LogP contribution < -0.4 is 4.74 Å². The number of hydrogen-bond donors (Lipinski definition) is 1. The molecule has 0 radical (unpaired) electrons. The Kier molecular flexibility index (Phi) is 4.21. The van der Waals surface area contributed by atoms with Gasteiger partial charge in [0.1, 0.15) is 5.75 Å². The van der Waals surface area contributed by atoms with E-state index in [4.69, 9.17) is 4.74 Å². The number of pyridine rings is 1. The van der Waals surface area contributed by atoms with Crippen LogP contribution in [0.1, 0.15) is 22.5 Å². The monoisotopic (exact) mass is 380 g/mol. The molecule has 0 spiro atoms. The van der Waals surface area contributed by atoms with Crippen LogP contribution >= 0.6 is 0 Å². The summed E-state index contributed by atoms with van der Waals surface area (Å²) in [5.41, 5.74) is 5.58. The lowest BCUT2D eigenvalue weighted by molar-refractivity contribution is 0.461. The van der Waals surface area contributed by atoms with E-state index in [2.05, 4.69) is 46.1 Å². The minimum Gasteiger partial charge on any atom is -0.437 e.